The summed E-state index contributed by atoms with van der Waals surface area (Å²) in [7, 11) is 4.28. The van der Waals surface area contributed by atoms with Crippen molar-refractivity contribution in [1.29, 1.82) is 0 Å². The van der Waals surface area contributed by atoms with Crippen molar-refractivity contribution in [2.75, 3.05) is 19.0 Å². The molecule has 0 heterocycles. The van der Waals surface area contributed by atoms with Gasteiger partial charge in [-0.05, 0) is 88.7 Å². The Morgan fingerprint density at radius 1 is 0.556 bits per heavy atom. The van der Waals surface area contributed by atoms with Gasteiger partial charge >= 0.3 is 0 Å². The highest BCUT2D eigenvalue weighted by molar-refractivity contribution is 6.13. The van der Waals surface area contributed by atoms with E-state index >= 15 is 0 Å². The fourth-order valence-electron chi connectivity index (χ4n) is 4.62. The first-order valence-electron chi connectivity index (χ1n) is 9.60. The average Bonchev–Trinajstić information content (AvgIpc) is 2.66. The summed E-state index contributed by atoms with van der Waals surface area (Å²) < 4.78 is 0. The van der Waals surface area contributed by atoms with E-state index in [0.29, 0.717) is 0 Å². The standard InChI is InChI=1S/C26H27N/c1-16-18(3)26(27(5)6)19(4)17(2)24(16)25-22-13-9-7-11-20(22)15-21-12-8-10-14-23(21)25/h7-15H,1-6H3. The van der Waals surface area contributed by atoms with Crippen LogP contribution in [0.2, 0.25) is 0 Å². The number of anilines is 1. The van der Waals surface area contributed by atoms with Gasteiger partial charge in [-0.2, -0.15) is 0 Å². The molecule has 136 valence electrons. The second-order valence-electron chi connectivity index (χ2n) is 7.81. The maximum absolute atomic E-state index is 2.31. The lowest BCUT2D eigenvalue weighted by atomic mass is 9.83. The smallest absolute Gasteiger partial charge is 0.0426 e. The summed E-state index contributed by atoms with van der Waals surface area (Å²) in [4.78, 5) is 2.25. The highest BCUT2D eigenvalue weighted by Crippen LogP contribution is 2.43. The number of benzene rings is 4. The van der Waals surface area contributed by atoms with Crippen molar-refractivity contribution in [2.24, 2.45) is 0 Å². The Morgan fingerprint density at radius 3 is 1.44 bits per heavy atom. The van der Waals surface area contributed by atoms with Gasteiger partial charge in [0.05, 0.1) is 0 Å². The van der Waals surface area contributed by atoms with E-state index in [-0.39, 0.29) is 0 Å². The molecule has 0 radical (unpaired) electrons. The highest BCUT2D eigenvalue weighted by Gasteiger charge is 2.20. The van der Waals surface area contributed by atoms with Gasteiger partial charge < -0.3 is 4.90 Å². The van der Waals surface area contributed by atoms with Gasteiger partial charge in [0, 0.05) is 19.8 Å². The maximum Gasteiger partial charge on any atom is 0.0426 e. The summed E-state index contributed by atoms with van der Waals surface area (Å²) in [5.74, 6) is 0. The quantitative estimate of drug-likeness (QED) is 0.352. The zero-order valence-electron chi connectivity index (χ0n) is 17.1. The number of nitrogens with zero attached hydrogens (tertiary/aromatic N) is 1. The van der Waals surface area contributed by atoms with Gasteiger partial charge in [0.25, 0.3) is 0 Å². The molecule has 0 bridgehead atoms. The van der Waals surface area contributed by atoms with Crippen LogP contribution in [0.3, 0.4) is 0 Å². The summed E-state index contributed by atoms with van der Waals surface area (Å²) in [6.45, 7) is 9.07. The minimum absolute atomic E-state index is 1.30. The first-order valence-corrected chi connectivity index (χ1v) is 9.60. The summed E-state index contributed by atoms with van der Waals surface area (Å²) >= 11 is 0. The lowest BCUT2D eigenvalue weighted by molar-refractivity contribution is 1.08. The molecule has 0 aliphatic carbocycles. The zero-order valence-corrected chi connectivity index (χ0v) is 17.1. The molecule has 0 spiro atoms. The van der Waals surface area contributed by atoms with Crippen LogP contribution in [-0.4, -0.2) is 14.1 Å². The van der Waals surface area contributed by atoms with Crippen LogP contribution in [0.5, 0.6) is 0 Å². The third-order valence-corrected chi connectivity index (χ3v) is 6.05. The second-order valence-corrected chi connectivity index (χ2v) is 7.81. The van der Waals surface area contributed by atoms with E-state index in [9.17, 15) is 0 Å². The molecule has 0 fully saturated rings. The molecule has 0 unspecified atom stereocenters. The Labute approximate surface area is 162 Å². The third kappa shape index (κ3) is 2.61. The number of rotatable bonds is 2. The van der Waals surface area contributed by atoms with Crippen LogP contribution in [0.4, 0.5) is 5.69 Å². The molecule has 0 aliphatic heterocycles. The Kier molecular flexibility index (Phi) is 4.19. The lowest BCUT2D eigenvalue weighted by Gasteiger charge is -2.26. The average molecular weight is 354 g/mol. The predicted octanol–water partition coefficient (Wildman–Crippen LogP) is 6.96. The number of hydrogen-bond acceptors (Lipinski definition) is 1. The molecule has 4 aromatic rings. The van der Waals surface area contributed by atoms with Crippen LogP contribution < -0.4 is 4.90 Å². The van der Waals surface area contributed by atoms with E-state index in [1.54, 1.807) is 0 Å². The second kappa shape index (κ2) is 6.42. The number of fused-ring (bicyclic) bond motifs is 2. The topological polar surface area (TPSA) is 3.24 Å². The van der Waals surface area contributed by atoms with Crippen molar-refractivity contribution in [3.05, 3.63) is 76.9 Å². The van der Waals surface area contributed by atoms with Gasteiger partial charge in [0.1, 0.15) is 0 Å². The molecule has 1 heteroatoms. The molecule has 0 aliphatic rings. The van der Waals surface area contributed by atoms with E-state index in [4.69, 9.17) is 0 Å². The third-order valence-electron chi connectivity index (χ3n) is 6.05. The SMILES string of the molecule is Cc1c(C)c(N(C)C)c(C)c(C)c1-c1c2ccccc2cc2ccccc12. The molecule has 0 N–H and O–H groups in total. The van der Waals surface area contributed by atoms with E-state index < -0.39 is 0 Å². The van der Waals surface area contributed by atoms with Crippen LogP contribution in [-0.2, 0) is 0 Å². The van der Waals surface area contributed by atoms with Crippen LogP contribution in [0, 0.1) is 27.7 Å². The number of hydrogen-bond donors (Lipinski definition) is 0. The molecule has 27 heavy (non-hydrogen) atoms. The van der Waals surface area contributed by atoms with Crippen molar-refractivity contribution in [1.82, 2.24) is 0 Å². The largest absolute Gasteiger partial charge is 0.377 e. The Morgan fingerprint density at radius 2 is 1.00 bits per heavy atom. The van der Waals surface area contributed by atoms with Crippen LogP contribution >= 0.6 is 0 Å². The molecule has 0 aromatic heterocycles. The molecule has 0 atom stereocenters. The van der Waals surface area contributed by atoms with Gasteiger partial charge in [-0.3, -0.25) is 0 Å². The van der Waals surface area contributed by atoms with Crippen LogP contribution in [0.1, 0.15) is 22.3 Å². The molecule has 1 nitrogen and oxygen atoms in total. The summed E-state index contributed by atoms with van der Waals surface area (Å²) in [5.41, 5.74) is 9.61. The molecule has 4 rings (SSSR count). The first-order chi connectivity index (χ1) is 12.9. The molecule has 4 aromatic carbocycles. The van der Waals surface area contributed by atoms with E-state index in [1.165, 1.54) is 60.6 Å². The van der Waals surface area contributed by atoms with Crippen LogP contribution in [0.25, 0.3) is 32.7 Å². The molecular weight excluding hydrogens is 326 g/mol. The Bertz CT molecular complexity index is 1100. The van der Waals surface area contributed by atoms with Crippen molar-refractivity contribution < 1.29 is 0 Å². The zero-order chi connectivity index (χ0) is 19.3. The monoisotopic (exact) mass is 353 g/mol. The molecular formula is C26H27N. The first kappa shape index (κ1) is 17.6. The van der Waals surface area contributed by atoms with Gasteiger partial charge in [0.15, 0.2) is 0 Å². The summed E-state index contributed by atoms with van der Waals surface area (Å²) in [6, 6.07) is 19.9. The highest BCUT2D eigenvalue weighted by atomic mass is 15.1. The van der Waals surface area contributed by atoms with E-state index in [0.717, 1.165) is 0 Å². The van der Waals surface area contributed by atoms with Crippen molar-refractivity contribution >= 4 is 27.2 Å². The van der Waals surface area contributed by atoms with E-state index in [2.05, 4.69) is 101 Å². The lowest BCUT2D eigenvalue weighted by Crippen LogP contribution is -2.14. The molecule has 0 saturated heterocycles. The minimum atomic E-state index is 1.30. The van der Waals surface area contributed by atoms with Crippen LogP contribution in [0.15, 0.2) is 54.6 Å². The van der Waals surface area contributed by atoms with Gasteiger partial charge in [-0.1, -0.05) is 48.5 Å². The fraction of sp³-hybridized carbons (Fsp3) is 0.231. The van der Waals surface area contributed by atoms with Crippen molar-refractivity contribution in [2.45, 2.75) is 27.7 Å². The Hall–Kier alpha value is -2.80. The van der Waals surface area contributed by atoms with Gasteiger partial charge in [0.2, 0.25) is 0 Å². The van der Waals surface area contributed by atoms with Crippen molar-refractivity contribution in [3.63, 3.8) is 0 Å². The van der Waals surface area contributed by atoms with Crippen molar-refractivity contribution in [3.8, 4) is 11.1 Å². The molecule has 0 saturated carbocycles. The summed E-state index contributed by atoms with van der Waals surface area (Å²) in [5, 5.41) is 5.27. The maximum atomic E-state index is 2.31. The fourth-order valence-corrected chi connectivity index (χ4v) is 4.62. The molecule has 0 amide bonds. The van der Waals surface area contributed by atoms with E-state index in [1.807, 2.05) is 0 Å². The van der Waals surface area contributed by atoms with Gasteiger partial charge in [-0.25, -0.2) is 0 Å². The summed E-state index contributed by atoms with van der Waals surface area (Å²) in [6.07, 6.45) is 0. The Balaban J connectivity index is 2.24. The normalized spacial score (nSPS) is 11.3. The van der Waals surface area contributed by atoms with Gasteiger partial charge in [-0.15, -0.1) is 0 Å². The minimum Gasteiger partial charge on any atom is -0.377 e. The predicted molar refractivity (Wildman–Crippen MR) is 120 cm³/mol.